The Hall–Kier alpha value is -2.93. The number of hydrogen-bond acceptors (Lipinski definition) is 6. The molecule has 2 aliphatic rings. The van der Waals surface area contributed by atoms with E-state index >= 15 is 0 Å². The molecule has 1 aliphatic heterocycles. The van der Waals surface area contributed by atoms with E-state index in [4.69, 9.17) is 15.6 Å². The van der Waals surface area contributed by atoms with Crippen LogP contribution in [0.2, 0.25) is 0 Å². The van der Waals surface area contributed by atoms with Crippen molar-refractivity contribution >= 4 is 16.9 Å². The SMILES string of the molecule is Nc1ncnc2c1c(C1C=CC(Oc3ccccc3)CC1)nn2[C@@H]1CCCNC1. The molecule has 0 spiro atoms. The standard InChI is InChI=1S/C22H26N6O/c23-21-19-20(15-8-10-18(11-9-15)29-17-6-2-1-3-7-17)27-28(22(19)26-14-25-21)16-5-4-12-24-13-16/h1-3,6-8,10,14-16,18,24H,4-5,9,11-13H2,(H2,23,25,26)/t15?,16-,18?/m1/s1. The molecular formula is C22H26N6O. The maximum absolute atomic E-state index is 6.27. The fourth-order valence-corrected chi connectivity index (χ4v) is 4.37. The molecule has 1 saturated heterocycles. The zero-order valence-corrected chi connectivity index (χ0v) is 16.4. The molecule has 7 nitrogen and oxygen atoms in total. The Morgan fingerprint density at radius 2 is 1.97 bits per heavy atom. The van der Waals surface area contributed by atoms with Crippen LogP contribution in [0.5, 0.6) is 5.75 Å². The Kier molecular flexibility index (Phi) is 4.89. The molecule has 3 atom stereocenters. The van der Waals surface area contributed by atoms with Crippen LogP contribution in [-0.2, 0) is 0 Å². The minimum atomic E-state index is 0.0816. The predicted octanol–water partition coefficient (Wildman–Crippen LogP) is 3.21. The number of allylic oxidation sites excluding steroid dienone is 1. The third-order valence-corrected chi connectivity index (χ3v) is 5.86. The molecule has 150 valence electrons. The van der Waals surface area contributed by atoms with Crippen molar-refractivity contribution in [3.8, 4) is 5.75 Å². The average molecular weight is 390 g/mol. The number of ether oxygens (including phenoxy) is 1. The molecular weight excluding hydrogens is 364 g/mol. The molecule has 0 saturated carbocycles. The van der Waals surface area contributed by atoms with E-state index in [9.17, 15) is 0 Å². The van der Waals surface area contributed by atoms with E-state index < -0.39 is 0 Å². The lowest BCUT2D eigenvalue weighted by molar-refractivity contribution is 0.226. The smallest absolute Gasteiger partial charge is 0.163 e. The van der Waals surface area contributed by atoms with Crippen molar-refractivity contribution in [3.63, 3.8) is 0 Å². The van der Waals surface area contributed by atoms with Crippen LogP contribution < -0.4 is 15.8 Å². The summed E-state index contributed by atoms with van der Waals surface area (Å²) in [6, 6.07) is 10.3. The number of fused-ring (bicyclic) bond motifs is 1. The molecule has 0 amide bonds. The molecule has 29 heavy (non-hydrogen) atoms. The zero-order chi connectivity index (χ0) is 19.6. The molecule has 5 rings (SSSR count). The first-order valence-corrected chi connectivity index (χ1v) is 10.4. The second-order valence-electron chi connectivity index (χ2n) is 7.83. The highest BCUT2D eigenvalue weighted by Gasteiger charge is 2.28. The van der Waals surface area contributed by atoms with Gasteiger partial charge in [0.15, 0.2) is 5.65 Å². The van der Waals surface area contributed by atoms with Crippen LogP contribution in [0.3, 0.4) is 0 Å². The third-order valence-electron chi connectivity index (χ3n) is 5.86. The summed E-state index contributed by atoms with van der Waals surface area (Å²) in [6.45, 7) is 1.97. The van der Waals surface area contributed by atoms with Crippen molar-refractivity contribution in [2.24, 2.45) is 0 Å². The number of para-hydroxylation sites is 1. The Morgan fingerprint density at radius 3 is 2.72 bits per heavy atom. The predicted molar refractivity (Wildman–Crippen MR) is 113 cm³/mol. The van der Waals surface area contributed by atoms with Crippen molar-refractivity contribution in [1.82, 2.24) is 25.1 Å². The molecule has 0 bridgehead atoms. The number of aromatic nitrogens is 4. The van der Waals surface area contributed by atoms with Crippen LogP contribution >= 0.6 is 0 Å². The molecule has 3 aromatic rings. The summed E-state index contributed by atoms with van der Waals surface area (Å²) >= 11 is 0. The second kappa shape index (κ2) is 7.83. The highest BCUT2D eigenvalue weighted by molar-refractivity contribution is 5.89. The van der Waals surface area contributed by atoms with Gasteiger partial charge in [0.05, 0.1) is 17.1 Å². The lowest BCUT2D eigenvalue weighted by Crippen LogP contribution is -2.32. The molecule has 1 fully saturated rings. The van der Waals surface area contributed by atoms with Gasteiger partial charge < -0.3 is 15.8 Å². The van der Waals surface area contributed by atoms with E-state index in [2.05, 4.69) is 32.1 Å². The van der Waals surface area contributed by atoms with Gasteiger partial charge in [-0.2, -0.15) is 5.10 Å². The van der Waals surface area contributed by atoms with Crippen molar-refractivity contribution in [1.29, 1.82) is 0 Å². The second-order valence-corrected chi connectivity index (χ2v) is 7.83. The van der Waals surface area contributed by atoms with E-state index in [-0.39, 0.29) is 12.0 Å². The number of anilines is 1. The van der Waals surface area contributed by atoms with Gasteiger partial charge in [0.25, 0.3) is 0 Å². The minimum Gasteiger partial charge on any atom is -0.486 e. The van der Waals surface area contributed by atoms with Crippen molar-refractivity contribution in [2.45, 2.75) is 43.7 Å². The number of hydrogen-bond donors (Lipinski definition) is 2. The van der Waals surface area contributed by atoms with Crippen LogP contribution in [0.4, 0.5) is 5.82 Å². The third kappa shape index (κ3) is 3.58. The number of nitrogens with one attached hydrogen (secondary N) is 1. The lowest BCUT2D eigenvalue weighted by Gasteiger charge is -2.24. The van der Waals surface area contributed by atoms with Crippen LogP contribution in [0.25, 0.3) is 11.0 Å². The minimum absolute atomic E-state index is 0.0816. The van der Waals surface area contributed by atoms with Gasteiger partial charge in [-0.3, -0.25) is 0 Å². The average Bonchev–Trinajstić information content (AvgIpc) is 3.17. The number of nitrogen functional groups attached to an aromatic ring is 1. The molecule has 7 heteroatoms. The molecule has 0 radical (unpaired) electrons. The summed E-state index contributed by atoms with van der Waals surface area (Å²) < 4.78 is 8.15. The summed E-state index contributed by atoms with van der Waals surface area (Å²) in [5.41, 5.74) is 8.10. The number of piperidine rings is 1. The first kappa shape index (κ1) is 18.1. The fraction of sp³-hybridized carbons (Fsp3) is 0.409. The lowest BCUT2D eigenvalue weighted by atomic mass is 9.90. The van der Waals surface area contributed by atoms with Gasteiger partial charge in [0.1, 0.15) is 24.0 Å². The van der Waals surface area contributed by atoms with Gasteiger partial charge in [0, 0.05) is 12.5 Å². The largest absolute Gasteiger partial charge is 0.486 e. The molecule has 3 heterocycles. The van der Waals surface area contributed by atoms with Crippen LogP contribution in [0.1, 0.15) is 43.3 Å². The maximum atomic E-state index is 6.27. The highest BCUT2D eigenvalue weighted by Crippen LogP contribution is 2.36. The first-order chi connectivity index (χ1) is 14.3. The van der Waals surface area contributed by atoms with Crippen LogP contribution in [0, 0.1) is 0 Å². The molecule has 2 aromatic heterocycles. The fourth-order valence-electron chi connectivity index (χ4n) is 4.37. The normalized spacial score (nSPS) is 24.6. The van der Waals surface area contributed by atoms with Crippen molar-refractivity contribution in [3.05, 3.63) is 54.5 Å². The molecule has 3 N–H and O–H groups in total. The van der Waals surface area contributed by atoms with Crippen LogP contribution in [-0.4, -0.2) is 38.9 Å². The number of benzene rings is 1. The summed E-state index contributed by atoms with van der Waals surface area (Å²) in [5.74, 6) is 1.60. The Balaban J connectivity index is 1.43. The number of nitrogens with two attached hydrogens (primary N) is 1. The first-order valence-electron chi connectivity index (χ1n) is 10.4. The van der Waals surface area contributed by atoms with Gasteiger partial charge in [0.2, 0.25) is 0 Å². The molecule has 1 aliphatic carbocycles. The van der Waals surface area contributed by atoms with Gasteiger partial charge >= 0.3 is 0 Å². The van der Waals surface area contributed by atoms with E-state index in [0.29, 0.717) is 11.9 Å². The topological polar surface area (TPSA) is 90.9 Å². The van der Waals surface area contributed by atoms with Gasteiger partial charge in [-0.25, -0.2) is 14.6 Å². The van der Waals surface area contributed by atoms with E-state index in [1.54, 1.807) is 0 Å². The molecule has 1 aromatic carbocycles. The van der Waals surface area contributed by atoms with E-state index in [0.717, 1.165) is 61.2 Å². The summed E-state index contributed by atoms with van der Waals surface area (Å²) in [5, 5.41) is 9.37. The highest BCUT2D eigenvalue weighted by atomic mass is 16.5. The van der Waals surface area contributed by atoms with Gasteiger partial charge in [-0.15, -0.1) is 0 Å². The van der Waals surface area contributed by atoms with Gasteiger partial charge in [-0.1, -0.05) is 24.3 Å². The van der Waals surface area contributed by atoms with E-state index in [1.165, 1.54) is 6.33 Å². The number of rotatable bonds is 4. The van der Waals surface area contributed by atoms with Crippen LogP contribution in [0.15, 0.2) is 48.8 Å². The van der Waals surface area contributed by atoms with E-state index in [1.807, 2.05) is 30.3 Å². The Labute approximate surface area is 170 Å². The Bertz CT molecular complexity index is 1010. The summed E-state index contributed by atoms with van der Waals surface area (Å²) in [4.78, 5) is 8.78. The monoisotopic (exact) mass is 390 g/mol. The van der Waals surface area contributed by atoms with Crippen molar-refractivity contribution in [2.75, 3.05) is 18.8 Å². The maximum Gasteiger partial charge on any atom is 0.163 e. The molecule has 2 unspecified atom stereocenters. The Morgan fingerprint density at radius 1 is 1.07 bits per heavy atom. The summed E-state index contributed by atoms with van der Waals surface area (Å²) in [7, 11) is 0. The zero-order valence-electron chi connectivity index (χ0n) is 16.4. The number of nitrogens with zero attached hydrogens (tertiary/aromatic N) is 4. The van der Waals surface area contributed by atoms with Gasteiger partial charge in [-0.05, 0) is 50.4 Å². The summed E-state index contributed by atoms with van der Waals surface area (Å²) in [6.07, 6.45) is 10.1. The van der Waals surface area contributed by atoms with Crippen molar-refractivity contribution < 1.29 is 4.74 Å². The quantitative estimate of drug-likeness (QED) is 0.665.